The Morgan fingerprint density at radius 3 is 1.62 bits per heavy atom. The highest BCUT2D eigenvalue weighted by atomic mass is 19.4. The summed E-state index contributed by atoms with van der Waals surface area (Å²) >= 11 is 0. The van der Waals surface area contributed by atoms with Gasteiger partial charge in [0.15, 0.2) is 0 Å². The molecule has 37 heavy (non-hydrogen) atoms. The van der Waals surface area contributed by atoms with Gasteiger partial charge in [0.05, 0.1) is 16.8 Å². The van der Waals surface area contributed by atoms with Gasteiger partial charge in [-0.05, 0) is 47.5 Å². The summed E-state index contributed by atoms with van der Waals surface area (Å²) < 4.78 is 76.7. The average molecular weight is 525 g/mol. The van der Waals surface area contributed by atoms with Gasteiger partial charge in [0.1, 0.15) is 0 Å². The molecule has 3 rings (SSSR count). The molecule has 0 amide bonds. The van der Waals surface area contributed by atoms with Crippen molar-refractivity contribution in [3.05, 3.63) is 82.9 Å². The van der Waals surface area contributed by atoms with Crippen molar-refractivity contribution in [3.63, 3.8) is 0 Å². The Balaban J connectivity index is 0.00000235. The molecule has 0 bridgehead atoms. The molecule has 0 saturated carbocycles. The predicted molar refractivity (Wildman–Crippen MR) is 137 cm³/mol. The molecule has 2 aromatic rings. The van der Waals surface area contributed by atoms with E-state index in [0.717, 1.165) is 24.3 Å². The first-order valence-corrected chi connectivity index (χ1v) is 11.6. The summed E-state index contributed by atoms with van der Waals surface area (Å²) in [5.41, 5.74) is 2.72. The molecule has 0 unspecified atom stereocenters. The number of alkyl halides is 6. The van der Waals surface area contributed by atoms with Gasteiger partial charge in [-0.3, -0.25) is 4.99 Å². The lowest BCUT2D eigenvalue weighted by atomic mass is 9.93. The molecular formula is C27H30F6N4. The van der Waals surface area contributed by atoms with Crippen LogP contribution in [0.1, 0.15) is 49.9 Å². The quantitative estimate of drug-likeness (QED) is 0.243. The number of hydrogen-bond acceptors (Lipinski definition) is 4. The van der Waals surface area contributed by atoms with Crippen LogP contribution in [-0.2, 0) is 12.4 Å². The maximum Gasteiger partial charge on any atom is 0.416 e. The third-order valence-corrected chi connectivity index (χ3v) is 5.06. The molecule has 0 aromatic heterocycles. The second-order valence-corrected chi connectivity index (χ2v) is 8.74. The van der Waals surface area contributed by atoms with Crippen LogP contribution in [0, 0.1) is 5.41 Å². The first kappa shape index (κ1) is 29.7. The highest BCUT2D eigenvalue weighted by Gasteiger charge is 2.30. The Morgan fingerprint density at radius 1 is 0.838 bits per heavy atom. The van der Waals surface area contributed by atoms with Crippen molar-refractivity contribution in [2.45, 2.75) is 40.0 Å². The van der Waals surface area contributed by atoms with E-state index < -0.39 is 23.5 Å². The van der Waals surface area contributed by atoms with Gasteiger partial charge in [-0.15, -0.1) is 0 Å². The monoisotopic (exact) mass is 524 g/mol. The molecule has 10 heteroatoms. The minimum Gasteiger partial charge on any atom is -0.354 e. The van der Waals surface area contributed by atoms with Crippen LogP contribution < -0.4 is 10.7 Å². The Labute approximate surface area is 212 Å². The van der Waals surface area contributed by atoms with E-state index in [1.165, 1.54) is 24.3 Å². The van der Waals surface area contributed by atoms with Crippen LogP contribution in [0.25, 0.3) is 12.2 Å². The summed E-state index contributed by atoms with van der Waals surface area (Å²) in [5.74, 6) is 0.465. The van der Waals surface area contributed by atoms with Crippen LogP contribution in [0.3, 0.4) is 0 Å². The summed E-state index contributed by atoms with van der Waals surface area (Å²) in [6.07, 6.45) is -2.54. The van der Waals surface area contributed by atoms with E-state index in [1.54, 1.807) is 24.3 Å². The van der Waals surface area contributed by atoms with Crippen molar-refractivity contribution < 1.29 is 26.3 Å². The lowest BCUT2D eigenvalue weighted by molar-refractivity contribution is -0.138. The molecule has 1 heterocycles. The first-order chi connectivity index (χ1) is 17.3. The molecule has 0 aliphatic carbocycles. The number of benzene rings is 2. The van der Waals surface area contributed by atoms with Gasteiger partial charge in [-0.25, -0.2) is 5.43 Å². The van der Waals surface area contributed by atoms with Crippen LogP contribution in [0.2, 0.25) is 0 Å². The smallest absolute Gasteiger partial charge is 0.354 e. The SMILES string of the molecule is CC.CC1(C)CN=C(NN=C(C=Cc2ccc(C(F)(F)F)cc2)C=Cc2ccc(C(F)(F)F)cc2)NC1. The van der Waals surface area contributed by atoms with Crippen LogP contribution in [0.4, 0.5) is 26.3 Å². The highest BCUT2D eigenvalue weighted by molar-refractivity contribution is 6.09. The minimum atomic E-state index is -4.43. The highest BCUT2D eigenvalue weighted by Crippen LogP contribution is 2.30. The first-order valence-electron chi connectivity index (χ1n) is 11.6. The summed E-state index contributed by atoms with van der Waals surface area (Å²) in [4.78, 5) is 4.38. The van der Waals surface area contributed by atoms with Crippen LogP contribution in [0.5, 0.6) is 0 Å². The van der Waals surface area contributed by atoms with Gasteiger partial charge >= 0.3 is 12.4 Å². The number of rotatable bonds is 5. The molecule has 0 radical (unpaired) electrons. The zero-order chi connectivity index (χ0) is 27.7. The molecule has 4 nitrogen and oxygen atoms in total. The van der Waals surface area contributed by atoms with Crippen molar-refractivity contribution in [2.24, 2.45) is 15.5 Å². The van der Waals surface area contributed by atoms with E-state index in [2.05, 4.69) is 34.7 Å². The molecule has 0 saturated heterocycles. The Kier molecular flexibility index (Phi) is 10.1. The van der Waals surface area contributed by atoms with Gasteiger partial charge in [-0.2, -0.15) is 31.4 Å². The summed E-state index contributed by atoms with van der Waals surface area (Å²) in [7, 11) is 0. The summed E-state index contributed by atoms with van der Waals surface area (Å²) in [6, 6.07) is 9.25. The van der Waals surface area contributed by atoms with Crippen molar-refractivity contribution in [1.82, 2.24) is 10.7 Å². The largest absolute Gasteiger partial charge is 0.416 e. The van der Waals surface area contributed by atoms with Crippen molar-refractivity contribution in [2.75, 3.05) is 13.1 Å². The maximum absolute atomic E-state index is 12.8. The summed E-state index contributed by atoms with van der Waals surface area (Å²) in [6.45, 7) is 9.41. The molecule has 2 N–H and O–H groups in total. The van der Waals surface area contributed by atoms with Gasteiger partial charge in [0, 0.05) is 18.5 Å². The molecular weight excluding hydrogens is 494 g/mol. The van der Waals surface area contributed by atoms with E-state index >= 15 is 0 Å². The Hall–Kier alpha value is -3.56. The molecule has 1 aliphatic heterocycles. The van der Waals surface area contributed by atoms with E-state index in [9.17, 15) is 26.3 Å². The van der Waals surface area contributed by atoms with Crippen molar-refractivity contribution in [1.29, 1.82) is 0 Å². The molecule has 0 fully saturated rings. The lowest BCUT2D eigenvalue weighted by Crippen LogP contribution is -2.46. The Morgan fingerprint density at radius 2 is 1.27 bits per heavy atom. The third-order valence-electron chi connectivity index (χ3n) is 5.06. The number of allylic oxidation sites excluding steroid dienone is 2. The number of nitrogens with zero attached hydrogens (tertiary/aromatic N) is 2. The lowest BCUT2D eigenvalue weighted by Gasteiger charge is -2.28. The number of halogens is 6. The van der Waals surface area contributed by atoms with E-state index in [1.807, 2.05) is 13.8 Å². The Bertz CT molecular complexity index is 1050. The fourth-order valence-electron chi connectivity index (χ4n) is 2.98. The van der Waals surface area contributed by atoms with Crippen LogP contribution in [0.15, 0.2) is 70.8 Å². The number of nitrogens with one attached hydrogen (secondary N) is 2. The topological polar surface area (TPSA) is 48.8 Å². The maximum atomic E-state index is 12.8. The van der Waals surface area contributed by atoms with Crippen molar-refractivity contribution in [3.8, 4) is 0 Å². The van der Waals surface area contributed by atoms with Crippen LogP contribution >= 0.6 is 0 Å². The van der Waals surface area contributed by atoms with Gasteiger partial charge in [-0.1, -0.05) is 64.1 Å². The van der Waals surface area contributed by atoms with Crippen LogP contribution in [-0.4, -0.2) is 24.8 Å². The average Bonchev–Trinajstić information content (AvgIpc) is 2.85. The number of hydrazone groups is 1. The molecule has 200 valence electrons. The van der Waals surface area contributed by atoms with E-state index in [0.29, 0.717) is 35.9 Å². The van der Waals surface area contributed by atoms with Gasteiger partial charge < -0.3 is 5.32 Å². The normalized spacial score (nSPS) is 15.5. The summed E-state index contributed by atoms with van der Waals surface area (Å²) in [5, 5.41) is 7.40. The zero-order valence-corrected chi connectivity index (χ0v) is 21.0. The fraction of sp³-hybridized carbons (Fsp3) is 0.333. The molecule has 1 aliphatic rings. The third kappa shape index (κ3) is 9.78. The predicted octanol–water partition coefficient (Wildman–Crippen LogP) is 7.41. The number of guanidine groups is 1. The van der Waals surface area contributed by atoms with Crippen molar-refractivity contribution >= 4 is 23.8 Å². The standard InChI is InChI=1S/C25H24F6N4.C2H6/c1-23(2)15-32-22(33-16-23)35-34-21(13-7-17-3-9-19(10-4-17)24(26,27)28)14-8-18-5-11-20(12-6-18)25(29,30)31;1-2/h3-14H,15-16H2,1-2H3,(H2,32,33,35);1-2H3. The zero-order valence-electron chi connectivity index (χ0n) is 21.0. The van der Waals surface area contributed by atoms with E-state index in [4.69, 9.17) is 0 Å². The van der Waals surface area contributed by atoms with Gasteiger partial charge in [0.25, 0.3) is 0 Å². The number of aliphatic imine (C=N–C) groups is 1. The fourth-order valence-corrected chi connectivity index (χ4v) is 2.98. The van der Waals surface area contributed by atoms with E-state index in [-0.39, 0.29) is 5.41 Å². The second-order valence-electron chi connectivity index (χ2n) is 8.74. The second kappa shape index (κ2) is 12.6. The number of hydrogen-bond donors (Lipinski definition) is 2. The minimum absolute atomic E-state index is 0.00266. The molecule has 0 spiro atoms. The molecule has 2 aromatic carbocycles. The van der Waals surface area contributed by atoms with Gasteiger partial charge in [0.2, 0.25) is 5.96 Å². The molecule has 0 atom stereocenters.